The van der Waals surface area contributed by atoms with Gasteiger partial charge in [-0.25, -0.2) is 15.2 Å². The van der Waals surface area contributed by atoms with Gasteiger partial charge in [-0.2, -0.15) is 0 Å². The molecular weight excluding hydrogens is 450 g/mol. The monoisotopic (exact) mass is 477 g/mol. The number of pyridine rings is 1. The molecule has 35 heavy (non-hydrogen) atoms. The molecule has 2 aromatic heterocycles. The lowest BCUT2D eigenvalue weighted by Crippen LogP contribution is -2.45. The first-order valence-corrected chi connectivity index (χ1v) is 11.6. The van der Waals surface area contributed by atoms with Crippen LogP contribution < -0.4 is 20.9 Å². The predicted octanol–water partition coefficient (Wildman–Crippen LogP) is 1.69. The predicted molar refractivity (Wildman–Crippen MR) is 129 cm³/mol. The molecule has 5 rings (SSSR count). The molecule has 2 aliphatic heterocycles. The number of hydrogen-bond donors (Lipinski definition) is 1. The highest BCUT2D eigenvalue weighted by Crippen LogP contribution is 2.39. The van der Waals surface area contributed by atoms with Crippen LogP contribution in [0.2, 0.25) is 0 Å². The largest absolute Gasteiger partial charge is 0.469 e. The number of carbonyl (C=O) groups excluding carboxylic acids is 2. The first-order chi connectivity index (χ1) is 17.0. The summed E-state index contributed by atoms with van der Waals surface area (Å²) in [5, 5.41) is 1.59. The number of aromatic nitrogens is 2. The second-order valence-electron chi connectivity index (χ2n) is 8.61. The Labute approximate surface area is 202 Å². The highest BCUT2D eigenvalue weighted by molar-refractivity contribution is 5.89. The fourth-order valence-electron chi connectivity index (χ4n) is 5.03. The summed E-state index contributed by atoms with van der Waals surface area (Å²) in [6, 6.07) is 12.6. The van der Waals surface area contributed by atoms with Crippen LogP contribution in [0, 0.1) is 5.92 Å². The average Bonchev–Trinajstić information content (AvgIpc) is 3.57. The average molecular weight is 478 g/mol. The minimum atomic E-state index is -1.05. The van der Waals surface area contributed by atoms with Gasteiger partial charge in [0.25, 0.3) is 5.56 Å². The Balaban J connectivity index is 1.74. The van der Waals surface area contributed by atoms with Crippen molar-refractivity contribution in [1.82, 2.24) is 14.8 Å². The quantitative estimate of drug-likeness (QED) is 0.550. The van der Waals surface area contributed by atoms with E-state index in [0.29, 0.717) is 22.7 Å². The molecule has 4 heterocycles. The molecule has 10 nitrogen and oxygen atoms in total. The maximum atomic E-state index is 13.9. The van der Waals surface area contributed by atoms with Gasteiger partial charge in [-0.3, -0.25) is 19.0 Å². The molecule has 182 valence electrons. The number of methoxy groups -OCH3 is 2. The van der Waals surface area contributed by atoms with Gasteiger partial charge in [-0.05, 0) is 37.1 Å². The van der Waals surface area contributed by atoms with Gasteiger partial charge in [0, 0.05) is 19.3 Å². The molecule has 0 saturated carbocycles. The molecule has 3 aromatic rings. The summed E-state index contributed by atoms with van der Waals surface area (Å²) in [5.41, 5.74) is 4.45. The number of nitrogens with one attached hydrogen (secondary N) is 1. The summed E-state index contributed by atoms with van der Waals surface area (Å²) >= 11 is 0. The van der Waals surface area contributed by atoms with E-state index >= 15 is 0 Å². The van der Waals surface area contributed by atoms with Crippen LogP contribution in [0.15, 0.2) is 59.5 Å². The summed E-state index contributed by atoms with van der Waals surface area (Å²) in [4.78, 5) is 47.0. The van der Waals surface area contributed by atoms with Crippen LogP contribution in [0.1, 0.15) is 24.4 Å². The van der Waals surface area contributed by atoms with Gasteiger partial charge in [-0.15, -0.1) is 0 Å². The van der Waals surface area contributed by atoms with Crippen molar-refractivity contribution in [2.75, 3.05) is 37.2 Å². The fourth-order valence-corrected chi connectivity index (χ4v) is 5.03. The van der Waals surface area contributed by atoms with E-state index in [1.54, 1.807) is 23.3 Å². The summed E-state index contributed by atoms with van der Waals surface area (Å²) in [6.45, 7) is 1.50. The molecule has 2 fully saturated rings. The van der Waals surface area contributed by atoms with Crippen molar-refractivity contribution in [3.63, 3.8) is 0 Å². The lowest BCUT2D eigenvalue weighted by atomic mass is 9.89. The first-order valence-electron chi connectivity index (χ1n) is 11.6. The van der Waals surface area contributed by atoms with Crippen LogP contribution in [0.3, 0.4) is 0 Å². The summed E-state index contributed by atoms with van der Waals surface area (Å²) < 4.78 is 11.7. The van der Waals surface area contributed by atoms with Gasteiger partial charge in [0.2, 0.25) is 0 Å². The smallest absolute Gasteiger partial charge is 0.331 e. The summed E-state index contributed by atoms with van der Waals surface area (Å²) in [5.74, 6) is -1.77. The van der Waals surface area contributed by atoms with Gasteiger partial charge in [0.1, 0.15) is 17.4 Å². The molecule has 0 spiro atoms. The fraction of sp³-hybridized carbons (Fsp3) is 0.360. The number of para-hydroxylation sites is 1. The Morgan fingerprint density at radius 2 is 1.66 bits per heavy atom. The third kappa shape index (κ3) is 3.89. The highest BCUT2D eigenvalue weighted by Gasteiger charge is 2.53. The second-order valence-corrected chi connectivity index (χ2v) is 8.61. The number of benzene rings is 1. The molecule has 0 unspecified atom stereocenters. The number of nitrogens with zero attached hydrogens (tertiary/aromatic N) is 4. The van der Waals surface area contributed by atoms with Crippen LogP contribution in [0.25, 0.3) is 5.65 Å². The van der Waals surface area contributed by atoms with E-state index in [0.717, 1.165) is 25.9 Å². The third-order valence-electron chi connectivity index (χ3n) is 6.67. The molecule has 10 heteroatoms. The van der Waals surface area contributed by atoms with Crippen molar-refractivity contribution < 1.29 is 19.1 Å². The first kappa shape index (κ1) is 22.9. The van der Waals surface area contributed by atoms with Crippen molar-refractivity contribution >= 4 is 29.1 Å². The SMILES string of the molecule is COC(=O)[C@H]1[C@@H](C(=O)OC)N(c2ccccc2)N[C@H]1c1c(N2CCCC2)nc2ccccn2c1=O. The molecule has 1 N–H and O–H groups in total. The lowest BCUT2D eigenvalue weighted by molar-refractivity contribution is -0.153. The van der Waals surface area contributed by atoms with E-state index in [1.807, 2.05) is 36.4 Å². The Hall–Kier alpha value is -3.92. The molecule has 0 aliphatic carbocycles. The van der Waals surface area contributed by atoms with E-state index < -0.39 is 29.9 Å². The van der Waals surface area contributed by atoms with Crippen molar-refractivity contribution in [3.05, 3.63) is 70.6 Å². The molecule has 0 bridgehead atoms. The van der Waals surface area contributed by atoms with E-state index in [-0.39, 0.29) is 5.56 Å². The number of rotatable bonds is 5. The van der Waals surface area contributed by atoms with E-state index in [4.69, 9.17) is 14.5 Å². The normalized spacial score (nSPS) is 21.9. The summed E-state index contributed by atoms with van der Waals surface area (Å²) in [6.07, 6.45) is 3.61. The number of ether oxygens (including phenoxy) is 2. The van der Waals surface area contributed by atoms with Crippen LogP contribution in [-0.4, -0.2) is 54.7 Å². The molecule has 0 amide bonds. The molecule has 1 aromatic carbocycles. The Morgan fingerprint density at radius 3 is 2.34 bits per heavy atom. The van der Waals surface area contributed by atoms with Crippen LogP contribution in [-0.2, 0) is 19.1 Å². The lowest BCUT2D eigenvalue weighted by Gasteiger charge is -2.25. The van der Waals surface area contributed by atoms with Crippen molar-refractivity contribution in [2.24, 2.45) is 5.92 Å². The molecule has 2 aliphatic rings. The number of hydrogen-bond acceptors (Lipinski definition) is 9. The minimum absolute atomic E-state index is 0.303. The highest BCUT2D eigenvalue weighted by atomic mass is 16.5. The van der Waals surface area contributed by atoms with Gasteiger partial charge >= 0.3 is 11.9 Å². The number of esters is 2. The van der Waals surface area contributed by atoms with Gasteiger partial charge in [0.15, 0.2) is 6.04 Å². The summed E-state index contributed by atoms with van der Waals surface area (Å²) in [7, 11) is 2.54. The Bertz CT molecular complexity index is 1300. The van der Waals surface area contributed by atoms with Gasteiger partial charge in [-0.1, -0.05) is 24.3 Å². The Kier molecular flexibility index (Phi) is 6.12. The standard InChI is InChI=1S/C25H27N5O5/c1-34-24(32)18-20(27-30(21(18)25(33)35-2)16-10-4-3-5-11-16)19-22(28-13-8-9-14-28)26-17-12-6-7-15-29(17)23(19)31/h3-7,10-12,15,18,20-21,27H,8-9,13-14H2,1-2H3/t18-,20-,21+/m1/s1. The number of fused-ring (bicyclic) bond motifs is 1. The molecule has 3 atom stereocenters. The molecular formula is C25H27N5O5. The Morgan fingerprint density at radius 1 is 0.971 bits per heavy atom. The maximum absolute atomic E-state index is 13.9. The number of carbonyl (C=O) groups is 2. The number of anilines is 2. The zero-order chi connectivity index (χ0) is 24.5. The van der Waals surface area contributed by atoms with E-state index in [1.165, 1.54) is 18.6 Å². The molecule has 2 saturated heterocycles. The van der Waals surface area contributed by atoms with Crippen LogP contribution >= 0.6 is 0 Å². The third-order valence-corrected chi connectivity index (χ3v) is 6.67. The van der Waals surface area contributed by atoms with Gasteiger partial charge < -0.3 is 14.4 Å². The van der Waals surface area contributed by atoms with Crippen LogP contribution in [0.5, 0.6) is 0 Å². The molecule has 0 radical (unpaired) electrons. The zero-order valence-corrected chi connectivity index (χ0v) is 19.6. The van der Waals surface area contributed by atoms with Gasteiger partial charge in [0.05, 0.1) is 31.5 Å². The maximum Gasteiger partial charge on any atom is 0.331 e. The number of hydrazine groups is 1. The minimum Gasteiger partial charge on any atom is -0.469 e. The van der Waals surface area contributed by atoms with Crippen molar-refractivity contribution in [3.8, 4) is 0 Å². The van der Waals surface area contributed by atoms with E-state index in [9.17, 15) is 14.4 Å². The van der Waals surface area contributed by atoms with Crippen LogP contribution in [0.4, 0.5) is 11.5 Å². The van der Waals surface area contributed by atoms with E-state index in [2.05, 4.69) is 10.3 Å². The zero-order valence-electron chi connectivity index (χ0n) is 19.6. The second kappa shape index (κ2) is 9.38. The van der Waals surface area contributed by atoms with Crippen molar-refractivity contribution in [2.45, 2.75) is 24.9 Å². The van der Waals surface area contributed by atoms with Crippen molar-refractivity contribution in [1.29, 1.82) is 0 Å². The topological polar surface area (TPSA) is 105 Å².